The molecule has 0 spiro atoms. The van der Waals surface area contributed by atoms with E-state index in [2.05, 4.69) is 28.2 Å². The van der Waals surface area contributed by atoms with E-state index in [4.69, 9.17) is 4.42 Å². The zero-order valence-electron chi connectivity index (χ0n) is 10.9. The first kappa shape index (κ1) is 14.5. The van der Waals surface area contributed by atoms with E-state index in [0.717, 1.165) is 24.6 Å². The van der Waals surface area contributed by atoms with Crippen molar-refractivity contribution in [3.05, 3.63) is 33.5 Å². The van der Waals surface area contributed by atoms with Crippen LogP contribution < -0.4 is 5.32 Å². The van der Waals surface area contributed by atoms with E-state index in [1.54, 1.807) is 0 Å². The molecule has 0 unspecified atom stereocenters. The zero-order valence-corrected chi connectivity index (χ0v) is 12.5. The molecule has 2 nitrogen and oxygen atoms in total. The molecule has 1 aromatic heterocycles. The van der Waals surface area contributed by atoms with Crippen LogP contribution in [0, 0.1) is 11.6 Å². The molecule has 0 bridgehead atoms. The SMILES string of the molecule is CCCNCc1oc2c(F)c(F)cc(Br)c2c1CC. The van der Waals surface area contributed by atoms with E-state index < -0.39 is 11.6 Å². The maximum Gasteiger partial charge on any atom is 0.201 e. The van der Waals surface area contributed by atoms with Gasteiger partial charge in [-0.1, -0.05) is 13.8 Å². The third kappa shape index (κ3) is 2.67. The van der Waals surface area contributed by atoms with E-state index in [0.29, 0.717) is 28.6 Å². The average Bonchev–Trinajstić information content (AvgIpc) is 2.75. The Morgan fingerprint density at radius 3 is 2.68 bits per heavy atom. The lowest BCUT2D eigenvalue weighted by Gasteiger charge is -2.02. The Bertz CT molecular complexity index is 595. The second kappa shape index (κ2) is 6.01. The van der Waals surface area contributed by atoms with Gasteiger partial charge in [-0.05, 0) is 41.4 Å². The van der Waals surface area contributed by atoms with Gasteiger partial charge in [-0.15, -0.1) is 0 Å². The predicted octanol–water partition coefficient (Wildman–Crippen LogP) is 4.54. The van der Waals surface area contributed by atoms with Crippen molar-refractivity contribution < 1.29 is 13.2 Å². The van der Waals surface area contributed by atoms with Gasteiger partial charge in [0.1, 0.15) is 5.76 Å². The van der Waals surface area contributed by atoms with Crippen LogP contribution in [0.25, 0.3) is 11.0 Å². The van der Waals surface area contributed by atoms with Crippen LogP contribution in [-0.2, 0) is 13.0 Å². The van der Waals surface area contributed by atoms with Crippen LogP contribution in [0.1, 0.15) is 31.6 Å². The van der Waals surface area contributed by atoms with Crippen LogP contribution in [0.4, 0.5) is 8.78 Å². The first-order valence-electron chi connectivity index (χ1n) is 6.38. The quantitative estimate of drug-likeness (QED) is 0.643. The standard InChI is InChI=1S/C14H16BrF2NO/c1-3-5-18-7-11-8(4-2)12-9(15)6-10(16)13(17)14(12)19-11/h6,18H,3-5,7H2,1-2H3. The van der Waals surface area contributed by atoms with Crippen molar-refractivity contribution in [2.45, 2.75) is 33.2 Å². The molecule has 1 heterocycles. The van der Waals surface area contributed by atoms with Crippen LogP contribution in [0.5, 0.6) is 0 Å². The van der Waals surface area contributed by atoms with Crippen LogP contribution in [0.3, 0.4) is 0 Å². The largest absolute Gasteiger partial charge is 0.456 e. The fraction of sp³-hybridized carbons (Fsp3) is 0.429. The van der Waals surface area contributed by atoms with Crippen LogP contribution >= 0.6 is 15.9 Å². The normalized spacial score (nSPS) is 11.4. The number of hydrogen-bond acceptors (Lipinski definition) is 2. The molecule has 0 fully saturated rings. The molecule has 2 rings (SSSR count). The van der Waals surface area contributed by atoms with Crippen LogP contribution in [0.2, 0.25) is 0 Å². The van der Waals surface area contributed by atoms with Crippen molar-refractivity contribution in [3.63, 3.8) is 0 Å². The Labute approximate surface area is 119 Å². The summed E-state index contributed by atoms with van der Waals surface area (Å²) in [5, 5.41) is 3.85. The molecule has 0 aliphatic heterocycles. The van der Waals surface area contributed by atoms with Gasteiger partial charge in [-0.3, -0.25) is 0 Å². The molecule has 104 valence electrons. The summed E-state index contributed by atoms with van der Waals surface area (Å²) in [5.41, 5.74) is 0.918. The zero-order chi connectivity index (χ0) is 14.0. The summed E-state index contributed by atoms with van der Waals surface area (Å²) in [6.45, 7) is 5.43. The second-order valence-electron chi connectivity index (χ2n) is 4.39. The summed E-state index contributed by atoms with van der Waals surface area (Å²) < 4.78 is 33.2. The Morgan fingerprint density at radius 1 is 1.32 bits per heavy atom. The first-order chi connectivity index (χ1) is 9.10. The number of fused-ring (bicyclic) bond motifs is 1. The number of benzene rings is 1. The lowest BCUT2D eigenvalue weighted by Crippen LogP contribution is -2.14. The number of hydrogen-bond donors (Lipinski definition) is 1. The monoisotopic (exact) mass is 331 g/mol. The summed E-state index contributed by atoms with van der Waals surface area (Å²) in [6, 6.07) is 1.15. The molecule has 0 amide bonds. The van der Waals surface area contributed by atoms with Crippen molar-refractivity contribution in [1.82, 2.24) is 5.32 Å². The van der Waals surface area contributed by atoms with Gasteiger partial charge in [0, 0.05) is 15.4 Å². The highest BCUT2D eigenvalue weighted by Crippen LogP contribution is 2.35. The first-order valence-corrected chi connectivity index (χ1v) is 7.17. The highest BCUT2D eigenvalue weighted by molar-refractivity contribution is 9.10. The Balaban J connectivity index is 2.54. The molecule has 1 aromatic carbocycles. The van der Waals surface area contributed by atoms with Gasteiger partial charge in [-0.2, -0.15) is 4.39 Å². The molecule has 2 aromatic rings. The Kier molecular flexibility index (Phi) is 4.58. The fourth-order valence-electron chi connectivity index (χ4n) is 2.17. The molecule has 0 saturated carbocycles. The Morgan fingerprint density at radius 2 is 2.05 bits per heavy atom. The highest BCUT2D eigenvalue weighted by Gasteiger charge is 2.21. The lowest BCUT2D eigenvalue weighted by atomic mass is 10.1. The Hall–Kier alpha value is -0.940. The molecule has 0 aliphatic carbocycles. The molecule has 0 radical (unpaired) electrons. The maximum atomic E-state index is 13.8. The number of nitrogens with one attached hydrogen (secondary N) is 1. The lowest BCUT2D eigenvalue weighted by molar-refractivity contribution is 0.466. The van der Waals surface area contributed by atoms with Gasteiger partial charge in [0.25, 0.3) is 0 Å². The summed E-state index contributed by atoms with van der Waals surface area (Å²) in [7, 11) is 0. The summed E-state index contributed by atoms with van der Waals surface area (Å²) in [5.74, 6) is -1.14. The van der Waals surface area contributed by atoms with Crippen molar-refractivity contribution in [2.75, 3.05) is 6.54 Å². The van der Waals surface area contributed by atoms with E-state index in [1.165, 1.54) is 0 Å². The molecule has 5 heteroatoms. The molecule has 0 atom stereocenters. The predicted molar refractivity (Wildman–Crippen MR) is 75.2 cm³/mol. The molecular weight excluding hydrogens is 316 g/mol. The number of furan rings is 1. The molecule has 19 heavy (non-hydrogen) atoms. The summed E-state index contributed by atoms with van der Waals surface area (Å²) in [4.78, 5) is 0. The fourth-order valence-corrected chi connectivity index (χ4v) is 2.79. The summed E-state index contributed by atoms with van der Waals surface area (Å²) in [6.07, 6.45) is 1.72. The number of halogens is 3. The van der Waals surface area contributed by atoms with Gasteiger partial charge < -0.3 is 9.73 Å². The smallest absolute Gasteiger partial charge is 0.201 e. The van der Waals surface area contributed by atoms with Gasteiger partial charge >= 0.3 is 0 Å². The molecule has 0 aliphatic rings. The van der Waals surface area contributed by atoms with E-state index in [1.807, 2.05) is 6.92 Å². The molecule has 0 saturated heterocycles. The minimum Gasteiger partial charge on any atom is -0.456 e. The average molecular weight is 332 g/mol. The van der Waals surface area contributed by atoms with Crippen molar-refractivity contribution in [2.24, 2.45) is 0 Å². The van der Waals surface area contributed by atoms with E-state index >= 15 is 0 Å². The molecular formula is C14H16BrF2NO. The van der Waals surface area contributed by atoms with Crippen molar-refractivity contribution >= 4 is 26.9 Å². The van der Waals surface area contributed by atoms with Gasteiger partial charge in [0.05, 0.1) is 6.54 Å². The van der Waals surface area contributed by atoms with Crippen LogP contribution in [0.15, 0.2) is 15.0 Å². The second-order valence-corrected chi connectivity index (χ2v) is 5.25. The number of aryl methyl sites for hydroxylation is 1. The van der Waals surface area contributed by atoms with Crippen molar-refractivity contribution in [3.8, 4) is 0 Å². The topological polar surface area (TPSA) is 25.2 Å². The van der Waals surface area contributed by atoms with E-state index in [9.17, 15) is 8.78 Å². The minimum atomic E-state index is -0.922. The van der Waals surface area contributed by atoms with Crippen molar-refractivity contribution in [1.29, 1.82) is 0 Å². The van der Waals surface area contributed by atoms with Gasteiger partial charge in [0.15, 0.2) is 11.4 Å². The number of rotatable bonds is 5. The maximum absolute atomic E-state index is 13.8. The van der Waals surface area contributed by atoms with Gasteiger partial charge in [0.2, 0.25) is 5.82 Å². The molecule has 1 N–H and O–H groups in total. The van der Waals surface area contributed by atoms with Gasteiger partial charge in [-0.25, -0.2) is 4.39 Å². The minimum absolute atomic E-state index is 0.00276. The highest BCUT2D eigenvalue weighted by atomic mass is 79.9. The van der Waals surface area contributed by atoms with Crippen LogP contribution in [-0.4, -0.2) is 6.54 Å². The third-order valence-electron chi connectivity index (χ3n) is 3.06. The summed E-state index contributed by atoms with van der Waals surface area (Å²) >= 11 is 3.28. The third-order valence-corrected chi connectivity index (χ3v) is 3.68. The van der Waals surface area contributed by atoms with E-state index in [-0.39, 0.29) is 5.58 Å².